The highest BCUT2D eigenvalue weighted by atomic mass is 16.5. The van der Waals surface area contributed by atoms with E-state index >= 15 is 0 Å². The van der Waals surface area contributed by atoms with E-state index in [1.165, 1.54) is 28.9 Å². The van der Waals surface area contributed by atoms with E-state index in [1.807, 2.05) is 18.2 Å². The molecule has 2 aromatic heterocycles. The first-order valence-electron chi connectivity index (χ1n) is 21.9. The Morgan fingerprint density at radius 3 is 2.61 bits per heavy atom. The summed E-state index contributed by atoms with van der Waals surface area (Å²) in [7, 11) is 4.69. The van der Waals surface area contributed by atoms with Gasteiger partial charge in [-0.3, -0.25) is 34.0 Å². The number of nitrogens with zero attached hydrogens (tertiary/aromatic N) is 5. The molecule has 4 aliphatic heterocycles. The number of benzene rings is 2. The number of amides is 4. The van der Waals surface area contributed by atoms with Gasteiger partial charge in [0.1, 0.15) is 30.0 Å². The molecule has 16 heteroatoms. The summed E-state index contributed by atoms with van der Waals surface area (Å²) in [5, 5.41) is 19.5. The second-order valence-electron chi connectivity index (χ2n) is 18.6. The normalized spacial score (nSPS) is 23.2. The van der Waals surface area contributed by atoms with Crippen LogP contribution in [0.25, 0.3) is 33.3 Å². The summed E-state index contributed by atoms with van der Waals surface area (Å²) in [5.74, 6) is -2.42. The number of esters is 1. The number of aromatic hydroxyl groups is 1. The largest absolute Gasteiger partial charge is 0.508 e. The van der Waals surface area contributed by atoms with Gasteiger partial charge in [-0.05, 0) is 97.3 Å². The zero-order valence-electron chi connectivity index (χ0n) is 37.6. The Balaban J connectivity index is 1.20. The molecular weight excluding hydrogens is 817 g/mol. The molecule has 0 saturated carbocycles. The van der Waals surface area contributed by atoms with E-state index in [9.17, 15) is 29.1 Å². The maximum Gasteiger partial charge on any atom is 0.324 e. The number of carbonyl (C=O) groups excluding carboxylic acids is 5. The molecule has 2 fully saturated rings. The van der Waals surface area contributed by atoms with Gasteiger partial charge in [-0.15, -0.1) is 0 Å². The first kappa shape index (κ1) is 44.5. The molecule has 0 spiro atoms. The van der Waals surface area contributed by atoms with E-state index in [-0.39, 0.29) is 56.0 Å². The third kappa shape index (κ3) is 8.61. The van der Waals surface area contributed by atoms with Crippen LogP contribution in [-0.2, 0) is 46.3 Å². The van der Waals surface area contributed by atoms with Crippen LogP contribution in [0.15, 0.2) is 66.9 Å². The average Bonchev–Trinajstić information content (AvgIpc) is 4.07. The number of hydrogen-bond acceptors (Lipinski definition) is 11. The lowest BCUT2D eigenvalue weighted by atomic mass is 9.83. The molecule has 1 unspecified atom stereocenters. The predicted octanol–water partition coefficient (Wildman–Crippen LogP) is 3.82. The van der Waals surface area contributed by atoms with Gasteiger partial charge in [-0.2, -0.15) is 0 Å². The minimum atomic E-state index is -1.21. The minimum Gasteiger partial charge on any atom is -0.508 e. The Morgan fingerprint density at radius 1 is 1.12 bits per heavy atom. The van der Waals surface area contributed by atoms with Crippen molar-refractivity contribution in [2.45, 2.75) is 89.7 Å². The fourth-order valence-electron chi connectivity index (χ4n) is 9.58. The Kier molecular flexibility index (Phi) is 12.1. The van der Waals surface area contributed by atoms with Crippen molar-refractivity contribution in [3.05, 3.63) is 83.7 Å². The van der Waals surface area contributed by atoms with Gasteiger partial charge in [0, 0.05) is 68.8 Å². The first-order chi connectivity index (χ1) is 30.5. The van der Waals surface area contributed by atoms with Crippen LogP contribution in [0.4, 0.5) is 0 Å². The lowest BCUT2D eigenvalue weighted by molar-refractivity contribution is -0.155. The molecule has 64 heavy (non-hydrogen) atoms. The van der Waals surface area contributed by atoms with Gasteiger partial charge in [0.05, 0.1) is 36.6 Å². The van der Waals surface area contributed by atoms with E-state index in [0.717, 1.165) is 39.0 Å². The lowest BCUT2D eigenvalue weighted by Gasteiger charge is -2.36. The molecule has 4 aromatic rings. The number of hydrogen-bond donors (Lipinski definition) is 4. The van der Waals surface area contributed by atoms with Crippen LogP contribution in [0, 0.1) is 5.41 Å². The third-order valence-electron chi connectivity index (χ3n) is 12.9. The van der Waals surface area contributed by atoms with Gasteiger partial charge in [0.2, 0.25) is 17.7 Å². The van der Waals surface area contributed by atoms with Crippen molar-refractivity contribution in [3.8, 4) is 28.1 Å². The summed E-state index contributed by atoms with van der Waals surface area (Å²) in [5.41, 5.74) is 9.88. The monoisotopic (exact) mass is 874 g/mol. The fourth-order valence-corrected chi connectivity index (χ4v) is 9.58. The van der Waals surface area contributed by atoms with E-state index in [1.54, 1.807) is 32.4 Å². The quantitative estimate of drug-likeness (QED) is 0.114. The van der Waals surface area contributed by atoms with Gasteiger partial charge in [0.25, 0.3) is 5.91 Å². The van der Waals surface area contributed by atoms with E-state index < -0.39 is 47.2 Å². The van der Waals surface area contributed by atoms with Crippen molar-refractivity contribution in [2.75, 3.05) is 47.4 Å². The van der Waals surface area contributed by atoms with Crippen molar-refractivity contribution < 1.29 is 38.6 Å². The topological polar surface area (TPSA) is 198 Å². The summed E-state index contributed by atoms with van der Waals surface area (Å²) in [6.45, 7) is 12.5. The maximum absolute atomic E-state index is 14.6. The van der Waals surface area contributed by atoms with Crippen molar-refractivity contribution in [1.29, 1.82) is 0 Å². The molecule has 4 N–H and O–H groups in total. The Hall–Kier alpha value is -6.10. The van der Waals surface area contributed by atoms with Crippen molar-refractivity contribution in [2.24, 2.45) is 5.41 Å². The molecule has 4 amide bonds. The van der Waals surface area contributed by atoms with Crippen LogP contribution < -0.4 is 16.1 Å². The molecule has 2 saturated heterocycles. The first-order valence-corrected chi connectivity index (χ1v) is 21.9. The Labute approximate surface area is 372 Å². The van der Waals surface area contributed by atoms with Crippen LogP contribution in [0.1, 0.15) is 69.5 Å². The number of phenolic OH excluding ortho intramolecular Hbond substituents is 1. The van der Waals surface area contributed by atoms with Crippen LogP contribution in [0.3, 0.4) is 0 Å². The van der Waals surface area contributed by atoms with Gasteiger partial charge in [-0.1, -0.05) is 32.6 Å². The van der Waals surface area contributed by atoms with Gasteiger partial charge < -0.3 is 39.6 Å². The lowest BCUT2D eigenvalue weighted by Crippen LogP contribution is -2.62. The molecule has 6 heterocycles. The van der Waals surface area contributed by atoms with Gasteiger partial charge in [-0.25, -0.2) is 5.43 Å². The second kappa shape index (κ2) is 17.5. The van der Waals surface area contributed by atoms with Crippen molar-refractivity contribution in [3.63, 3.8) is 0 Å². The van der Waals surface area contributed by atoms with E-state index in [2.05, 4.69) is 66.2 Å². The van der Waals surface area contributed by atoms with Crippen LogP contribution >= 0.6 is 0 Å². The van der Waals surface area contributed by atoms with Crippen LogP contribution in [0.5, 0.6) is 5.75 Å². The van der Waals surface area contributed by atoms with Crippen LogP contribution in [-0.4, -0.2) is 131 Å². The number of hydrazine groups is 1. The average molecular weight is 875 g/mol. The zero-order chi connectivity index (χ0) is 45.8. The third-order valence-corrected chi connectivity index (χ3v) is 12.9. The number of phenols is 1. The summed E-state index contributed by atoms with van der Waals surface area (Å²) >= 11 is 0. The number of nitrogens with one attached hydrogen (secondary N) is 3. The van der Waals surface area contributed by atoms with Gasteiger partial charge >= 0.3 is 5.97 Å². The number of cyclic esters (lactones) is 1. The number of fused-ring (bicyclic) bond motifs is 11. The predicted molar refractivity (Wildman–Crippen MR) is 239 cm³/mol. The number of ether oxygens (including phenoxy) is 2. The summed E-state index contributed by atoms with van der Waals surface area (Å²) in [6, 6.07) is 11.7. The number of methoxy groups -OCH3 is 1. The Bertz CT molecular complexity index is 2550. The fraction of sp³-hybridized carbons (Fsp3) is 0.458. The smallest absolute Gasteiger partial charge is 0.324 e. The summed E-state index contributed by atoms with van der Waals surface area (Å²) in [6.07, 6.45) is 2.91. The molecule has 2 aromatic carbocycles. The number of aromatic nitrogens is 2. The minimum absolute atomic E-state index is 0.0299. The SMILES string of the molecule is C=C(C)[C@@H](C(=O)N[C@H]1Cc2cc(O)cc(c2)-c2ccc3c(c2)c(c2n3C(C)[C@H](OC)c3ncccc3-2)CC(C)(C)COC(=O)[C@@H]2CCCN(N2)C1=O)N(C)C(=O)CN(C)C(=O)[C@H]1CN1. The van der Waals surface area contributed by atoms with Crippen molar-refractivity contribution in [1.82, 2.24) is 40.4 Å². The molecule has 4 aliphatic rings. The standard InChI is InChI=1S/C48H58N8O8/c1-26(2)41(54(7)39(58)24-53(6)45(60)37-23-50-37)44(59)51-36-19-28-17-30(20-31(57)18-28)29-13-14-38-33(21-29)34(42-32-11-9-15-49-40(32)43(63-8)27(3)56(38)42)22-48(4,5)25-64-47(62)35-12-10-16-55(52-35)46(36)61/h9,11,13-15,17-18,20-21,27,35-37,41,43,50,52,57H,1,10,12,16,19,22-25H2,2-8H3,(H,51,59)/t27?,35-,36-,37+,41-,43-/m0/s1. The number of carbonyl (C=O) groups is 5. The second-order valence-corrected chi connectivity index (χ2v) is 18.6. The summed E-state index contributed by atoms with van der Waals surface area (Å²) in [4.78, 5) is 76.2. The molecule has 16 nitrogen and oxygen atoms in total. The molecule has 0 radical (unpaired) electrons. The molecule has 0 aliphatic carbocycles. The summed E-state index contributed by atoms with van der Waals surface area (Å²) < 4.78 is 14.5. The highest BCUT2D eigenvalue weighted by molar-refractivity contribution is 5.97. The highest BCUT2D eigenvalue weighted by Gasteiger charge is 2.40. The Morgan fingerprint density at radius 2 is 1.89 bits per heavy atom. The zero-order valence-corrected chi connectivity index (χ0v) is 37.6. The molecule has 8 rings (SSSR count). The molecule has 6 bridgehead atoms. The molecule has 6 atom stereocenters. The number of likely N-dealkylation sites (N-methyl/N-ethyl adjacent to an activating group) is 2. The molecular formula is C48H58N8O8. The number of pyridine rings is 1. The molecule has 338 valence electrons. The van der Waals surface area contributed by atoms with Crippen LogP contribution in [0.2, 0.25) is 0 Å². The van der Waals surface area contributed by atoms with Gasteiger partial charge in [0.15, 0.2) is 0 Å². The van der Waals surface area contributed by atoms with E-state index in [0.29, 0.717) is 42.5 Å². The van der Waals surface area contributed by atoms with E-state index in [4.69, 9.17) is 14.5 Å². The number of rotatable bonds is 8. The highest BCUT2D eigenvalue weighted by Crippen LogP contribution is 2.49. The van der Waals surface area contributed by atoms with Crippen molar-refractivity contribution >= 4 is 40.5 Å². The maximum atomic E-state index is 14.6.